The van der Waals surface area contributed by atoms with Crippen LogP contribution in [0.1, 0.15) is 26.5 Å². The lowest BCUT2D eigenvalue weighted by Crippen LogP contribution is -2.22. The SMILES string of the molecule is Cc1sc(C(=O)O)cc1CNCC1CCSC1. The average molecular weight is 271 g/mol. The number of thiophene rings is 1. The summed E-state index contributed by atoms with van der Waals surface area (Å²) in [6.07, 6.45) is 1.31. The molecule has 1 saturated heterocycles. The molecule has 0 radical (unpaired) electrons. The number of carbonyl (C=O) groups is 1. The molecule has 0 aromatic carbocycles. The molecule has 3 nitrogen and oxygen atoms in total. The minimum atomic E-state index is -0.823. The van der Waals surface area contributed by atoms with E-state index < -0.39 is 5.97 Å². The van der Waals surface area contributed by atoms with E-state index in [1.54, 1.807) is 6.07 Å². The zero-order chi connectivity index (χ0) is 12.3. The number of hydrogen-bond donors (Lipinski definition) is 2. The van der Waals surface area contributed by atoms with Gasteiger partial charge in [0.1, 0.15) is 4.88 Å². The molecule has 0 bridgehead atoms. The Labute approximate surface area is 110 Å². The molecule has 1 aliphatic rings. The van der Waals surface area contributed by atoms with Gasteiger partial charge in [-0.2, -0.15) is 11.8 Å². The van der Waals surface area contributed by atoms with Crippen molar-refractivity contribution in [2.24, 2.45) is 5.92 Å². The highest BCUT2D eigenvalue weighted by atomic mass is 32.2. The molecule has 0 amide bonds. The third kappa shape index (κ3) is 3.47. The van der Waals surface area contributed by atoms with Crippen molar-refractivity contribution in [3.63, 3.8) is 0 Å². The van der Waals surface area contributed by atoms with Crippen molar-refractivity contribution >= 4 is 29.1 Å². The Morgan fingerprint density at radius 2 is 2.47 bits per heavy atom. The third-order valence-corrected chi connectivity index (χ3v) is 5.32. The Morgan fingerprint density at radius 1 is 1.65 bits per heavy atom. The smallest absolute Gasteiger partial charge is 0.345 e. The quantitative estimate of drug-likeness (QED) is 0.864. The molecule has 1 fully saturated rings. The monoisotopic (exact) mass is 271 g/mol. The first kappa shape index (κ1) is 12.9. The van der Waals surface area contributed by atoms with E-state index in [0.29, 0.717) is 4.88 Å². The van der Waals surface area contributed by atoms with Crippen molar-refractivity contribution in [1.82, 2.24) is 5.32 Å². The summed E-state index contributed by atoms with van der Waals surface area (Å²) in [6, 6.07) is 1.79. The van der Waals surface area contributed by atoms with Gasteiger partial charge in [-0.1, -0.05) is 0 Å². The maximum absolute atomic E-state index is 10.8. The molecular weight excluding hydrogens is 254 g/mol. The molecule has 0 spiro atoms. The Hall–Kier alpha value is -0.520. The summed E-state index contributed by atoms with van der Waals surface area (Å²) in [5.74, 6) is 2.51. The first-order valence-corrected chi connectivity index (χ1v) is 7.75. The van der Waals surface area contributed by atoms with Gasteiger partial charge in [0.25, 0.3) is 0 Å². The topological polar surface area (TPSA) is 49.3 Å². The fourth-order valence-electron chi connectivity index (χ4n) is 1.96. The lowest BCUT2D eigenvalue weighted by molar-refractivity contribution is 0.0702. The van der Waals surface area contributed by atoms with Gasteiger partial charge in [0, 0.05) is 11.4 Å². The van der Waals surface area contributed by atoms with Crippen molar-refractivity contribution < 1.29 is 9.90 Å². The molecule has 5 heteroatoms. The van der Waals surface area contributed by atoms with E-state index in [4.69, 9.17) is 5.11 Å². The number of carboxylic acids is 1. The van der Waals surface area contributed by atoms with Crippen LogP contribution < -0.4 is 5.32 Å². The molecule has 0 saturated carbocycles. The Balaban J connectivity index is 1.83. The molecule has 2 heterocycles. The van der Waals surface area contributed by atoms with Crippen LogP contribution in [0.3, 0.4) is 0 Å². The standard InChI is InChI=1S/C12H17NO2S2/c1-8-10(4-11(17-8)12(14)15)6-13-5-9-2-3-16-7-9/h4,9,13H,2-3,5-7H2,1H3,(H,14,15). The third-order valence-electron chi connectivity index (χ3n) is 3.00. The first-order valence-electron chi connectivity index (χ1n) is 5.78. The normalized spacial score (nSPS) is 19.7. The van der Waals surface area contributed by atoms with Gasteiger partial charge >= 0.3 is 5.97 Å². The zero-order valence-electron chi connectivity index (χ0n) is 9.86. The Kier molecular flexibility index (Phi) is 4.48. The van der Waals surface area contributed by atoms with Crippen LogP contribution >= 0.6 is 23.1 Å². The van der Waals surface area contributed by atoms with E-state index in [1.807, 2.05) is 18.7 Å². The summed E-state index contributed by atoms with van der Waals surface area (Å²) in [5.41, 5.74) is 1.12. The highest BCUT2D eigenvalue weighted by molar-refractivity contribution is 7.99. The van der Waals surface area contributed by atoms with Gasteiger partial charge in [-0.3, -0.25) is 0 Å². The molecule has 94 valence electrons. The number of nitrogens with one attached hydrogen (secondary N) is 1. The van der Waals surface area contributed by atoms with Gasteiger partial charge < -0.3 is 10.4 Å². The summed E-state index contributed by atoms with van der Waals surface area (Å²) in [6.45, 7) is 3.82. The predicted molar refractivity (Wildman–Crippen MR) is 73.2 cm³/mol. The van der Waals surface area contributed by atoms with Crippen molar-refractivity contribution in [1.29, 1.82) is 0 Å². The van der Waals surface area contributed by atoms with Gasteiger partial charge in [-0.05, 0) is 48.9 Å². The number of hydrogen-bond acceptors (Lipinski definition) is 4. The Bertz CT molecular complexity index is 397. The van der Waals surface area contributed by atoms with Gasteiger partial charge in [0.15, 0.2) is 0 Å². The van der Waals surface area contributed by atoms with Gasteiger partial charge in [0.05, 0.1) is 0 Å². The van der Waals surface area contributed by atoms with Crippen LogP contribution in [-0.4, -0.2) is 29.1 Å². The van der Waals surface area contributed by atoms with Crippen molar-refractivity contribution in [3.05, 3.63) is 21.4 Å². The number of thioether (sulfide) groups is 1. The van der Waals surface area contributed by atoms with Crippen molar-refractivity contribution in [2.75, 3.05) is 18.1 Å². The summed E-state index contributed by atoms with van der Waals surface area (Å²) in [5, 5.41) is 12.3. The highest BCUT2D eigenvalue weighted by Crippen LogP contribution is 2.24. The Morgan fingerprint density at radius 3 is 3.06 bits per heavy atom. The average Bonchev–Trinajstić information content (AvgIpc) is 2.89. The van der Waals surface area contributed by atoms with E-state index in [2.05, 4.69) is 5.32 Å². The molecule has 1 atom stereocenters. The first-order chi connectivity index (χ1) is 8.16. The maximum Gasteiger partial charge on any atom is 0.345 e. The second-order valence-electron chi connectivity index (χ2n) is 4.36. The number of aryl methyl sites for hydroxylation is 1. The van der Waals surface area contributed by atoms with Crippen LogP contribution in [0.15, 0.2) is 6.07 Å². The van der Waals surface area contributed by atoms with E-state index in [9.17, 15) is 4.79 Å². The lowest BCUT2D eigenvalue weighted by Gasteiger charge is -2.09. The van der Waals surface area contributed by atoms with Gasteiger partial charge in [-0.15, -0.1) is 11.3 Å². The van der Waals surface area contributed by atoms with E-state index in [-0.39, 0.29) is 0 Å². The minimum absolute atomic E-state index is 0.440. The molecular formula is C12H17NO2S2. The van der Waals surface area contributed by atoms with E-state index >= 15 is 0 Å². The van der Waals surface area contributed by atoms with E-state index in [1.165, 1.54) is 29.3 Å². The van der Waals surface area contributed by atoms with Crippen molar-refractivity contribution in [3.8, 4) is 0 Å². The molecule has 1 unspecified atom stereocenters. The van der Waals surface area contributed by atoms with Crippen LogP contribution in [0, 0.1) is 12.8 Å². The van der Waals surface area contributed by atoms with Gasteiger partial charge in [0.2, 0.25) is 0 Å². The van der Waals surface area contributed by atoms with Crippen LogP contribution in [-0.2, 0) is 6.54 Å². The van der Waals surface area contributed by atoms with E-state index in [0.717, 1.165) is 29.4 Å². The van der Waals surface area contributed by atoms with Crippen LogP contribution in [0.25, 0.3) is 0 Å². The number of aromatic carboxylic acids is 1. The second-order valence-corrected chi connectivity index (χ2v) is 6.76. The predicted octanol–water partition coefficient (Wildman–Crippen LogP) is 2.60. The van der Waals surface area contributed by atoms with Crippen LogP contribution in [0.4, 0.5) is 0 Å². The summed E-state index contributed by atoms with van der Waals surface area (Å²) >= 11 is 3.39. The maximum atomic E-state index is 10.8. The largest absolute Gasteiger partial charge is 0.477 e. The molecule has 2 N–H and O–H groups in total. The second kappa shape index (κ2) is 5.89. The molecule has 1 aromatic rings. The summed E-state index contributed by atoms with van der Waals surface area (Å²) in [7, 11) is 0. The lowest BCUT2D eigenvalue weighted by atomic mass is 10.1. The number of carboxylic acid groups (broad SMARTS) is 1. The minimum Gasteiger partial charge on any atom is -0.477 e. The fraction of sp³-hybridized carbons (Fsp3) is 0.583. The molecule has 17 heavy (non-hydrogen) atoms. The molecule has 1 aromatic heterocycles. The number of rotatable bonds is 5. The summed E-state index contributed by atoms with van der Waals surface area (Å²) < 4.78 is 0. The molecule has 0 aliphatic carbocycles. The molecule has 2 rings (SSSR count). The zero-order valence-corrected chi connectivity index (χ0v) is 11.5. The van der Waals surface area contributed by atoms with Crippen LogP contribution in [0.2, 0.25) is 0 Å². The highest BCUT2D eigenvalue weighted by Gasteiger charge is 2.15. The fourth-order valence-corrected chi connectivity index (χ4v) is 4.12. The van der Waals surface area contributed by atoms with Gasteiger partial charge in [-0.25, -0.2) is 4.79 Å². The molecule has 1 aliphatic heterocycles. The summed E-state index contributed by atoms with van der Waals surface area (Å²) in [4.78, 5) is 12.4. The van der Waals surface area contributed by atoms with Crippen molar-refractivity contribution in [2.45, 2.75) is 19.9 Å². The van der Waals surface area contributed by atoms with Crippen LogP contribution in [0.5, 0.6) is 0 Å².